The molecule has 0 aromatic rings. The van der Waals surface area contributed by atoms with Gasteiger partial charge in [0.15, 0.2) is 0 Å². The van der Waals surface area contributed by atoms with E-state index in [-0.39, 0.29) is 90.6 Å². The van der Waals surface area contributed by atoms with Crippen LogP contribution >= 0.6 is 8.53 Å². The summed E-state index contributed by atoms with van der Waals surface area (Å²) in [5.74, 6) is -2.48. The van der Waals surface area contributed by atoms with Crippen LogP contribution in [0.3, 0.4) is 0 Å². The molecule has 0 aliphatic heterocycles. The first-order valence-electron chi connectivity index (χ1n) is 12.4. The minimum atomic E-state index is -1.62. The lowest BCUT2D eigenvalue weighted by Crippen LogP contribution is -2.43. The number of esters is 1. The van der Waals surface area contributed by atoms with E-state index in [4.69, 9.17) is 38.7 Å². The first kappa shape index (κ1) is 36.1. The van der Waals surface area contributed by atoms with Crippen molar-refractivity contribution in [1.82, 2.24) is 4.67 Å². The number of carbonyl (C=O) groups is 3. The second-order valence-electron chi connectivity index (χ2n) is 9.09. The van der Waals surface area contributed by atoms with E-state index in [0.717, 1.165) is 0 Å². The minimum Gasteiger partial charge on any atom is -0.481 e. The number of carbonyl (C=O) groups excluding carboxylic acids is 1. The summed E-state index contributed by atoms with van der Waals surface area (Å²) >= 11 is 0. The third-order valence-electron chi connectivity index (χ3n) is 4.97. The number of hydrogen-bond donors (Lipinski definition) is 2. The Hall–Kier alpha value is -1.91. The van der Waals surface area contributed by atoms with E-state index in [2.05, 4.69) is 4.74 Å². The molecule has 0 rings (SSSR count). The second-order valence-corrected chi connectivity index (χ2v) is 10.5. The number of carboxylic acid groups (broad SMARTS) is 2. The highest BCUT2D eigenvalue weighted by Gasteiger charge is 2.36. The Kier molecular flexibility index (Phi) is 19.9. The average molecular weight is 567 g/mol. The Balaban J connectivity index is 5.82. The van der Waals surface area contributed by atoms with E-state index in [1.54, 1.807) is 0 Å². The van der Waals surface area contributed by atoms with Crippen LogP contribution in [-0.2, 0) is 42.4 Å². The summed E-state index contributed by atoms with van der Waals surface area (Å²) in [5, 5.41) is 26.9. The van der Waals surface area contributed by atoms with Crippen LogP contribution in [0.25, 0.3) is 0 Å². The summed E-state index contributed by atoms with van der Waals surface area (Å²) in [6.07, 6.45) is -0.215. The molecule has 0 spiro atoms. The second kappa shape index (κ2) is 21.0. The van der Waals surface area contributed by atoms with E-state index < -0.39 is 31.8 Å². The predicted octanol–water partition coefficient (Wildman–Crippen LogP) is 2.83. The molecule has 2 N–H and O–H groups in total. The molecule has 0 saturated carbocycles. The van der Waals surface area contributed by atoms with Crippen molar-refractivity contribution in [1.29, 1.82) is 5.26 Å². The van der Waals surface area contributed by atoms with Gasteiger partial charge >= 0.3 is 17.9 Å². The van der Waals surface area contributed by atoms with Gasteiger partial charge in [-0.05, 0) is 27.7 Å². The Morgan fingerprint density at radius 2 is 1.29 bits per heavy atom. The lowest BCUT2D eigenvalue weighted by Gasteiger charge is -2.39. The summed E-state index contributed by atoms with van der Waals surface area (Å²) in [6.45, 7) is 8.07. The number of nitrogens with zero attached hydrogens (tertiary/aromatic N) is 2. The predicted molar refractivity (Wildman–Crippen MR) is 137 cm³/mol. The van der Waals surface area contributed by atoms with E-state index >= 15 is 0 Å². The number of ether oxygens (including phenoxy) is 4. The smallest absolute Gasteiger partial charge is 0.307 e. The molecule has 13 nitrogen and oxygen atoms in total. The van der Waals surface area contributed by atoms with Gasteiger partial charge in [0.25, 0.3) is 8.53 Å². The average Bonchev–Trinajstić information content (AvgIpc) is 2.84. The Morgan fingerprint density at radius 3 is 1.68 bits per heavy atom. The highest BCUT2D eigenvalue weighted by molar-refractivity contribution is 7.44. The normalized spacial score (nSPS) is 12.6. The molecule has 14 heteroatoms. The van der Waals surface area contributed by atoms with Gasteiger partial charge in [-0.25, -0.2) is 4.67 Å². The molecule has 1 atom stereocenters. The van der Waals surface area contributed by atoms with Gasteiger partial charge < -0.3 is 38.2 Å². The van der Waals surface area contributed by atoms with Crippen LogP contribution in [0.4, 0.5) is 0 Å². The van der Waals surface area contributed by atoms with Crippen LogP contribution in [0.2, 0.25) is 0 Å². The molecule has 0 fully saturated rings. The number of methoxy groups -OCH3 is 1. The van der Waals surface area contributed by atoms with E-state index in [9.17, 15) is 14.4 Å². The maximum atomic E-state index is 11.5. The first-order valence-corrected chi connectivity index (χ1v) is 13.6. The van der Waals surface area contributed by atoms with Crippen molar-refractivity contribution in [3.8, 4) is 6.07 Å². The molecular formula is C24H43N2O11P. The zero-order chi connectivity index (χ0) is 29.0. The van der Waals surface area contributed by atoms with Crippen LogP contribution in [0.5, 0.6) is 0 Å². The van der Waals surface area contributed by atoms with Gasteiger partial charge in [0, 0.05) is 12.1 Å². The van der Waals surface area contributed by atoms with Crippen LogP contribution in [0.1, 0.15) is 53.4 Å². The molecule has 220 valence electrons. The van der Waals surface area contributed by atoms with Gasteiger partial charge in [-0.3, -0.25) is 14.4 Å². The van der Waals surface area contributed by atoms with Crippen molar-refractivity contribution in [3.05, 3.63) is 0 Å². The zero-order valence-electron chi connectivity index (χ0n) is 23.1. The highest BCUT2D eigenvalue weighted by atomic mass is 31.2. The number of aliphatic carboxylic acids is 2. The van der Waals surface area contributed by atoms with Gasteiger partial charge in [-0.15, -0.1) is 0 Å². The van der Waals surface area contributed by atoms with Crippen molar-refractivity contribution in [2.24, 2.45) is 5.41 Å². The maximum Gasteiger partial charge on any atom is 0.307 e. The highest BCUT2D eigenvalue weighted by Crippen LogP contribution is 2.47. The monoisotopic (exact) mass is 566 g/mol. The van der Waals surface area contributed by atoms with Crippen LogP contribution < -0.4 is 0 Å². The molecule has 0 radical (unpaired) electrons. The maximum absolute atomic E-state index is 11.5. The summed E-state index contributed by atoms with van der Waals surface area (Å²) in [5.41, 5.74) is -0.980. The molecule has 0 heterocycles. The van der Waals surface area contributed by atoms with Crippen molar-refractivity contribution >= 4 is 26.4 Å². The number of nitriles is 1. The molecule has 0 aromatic carbocycles. The van der Waals surface area contributed by atoms with Crippen molar-refractivity contribution < 1.29 is 52.6 Å². The van der Waals surface area contributed by atoms with Gasteiger partial charge in [-0.1, -0.05) is 0 Å². The van der Waals surface area contributed by atoms with Crippen molar-refractivity contribution in [2.45, 2.75) is 65.5 Å². The summed E-state index contributed by atoms with van der Waals surface area (Å²) < 4.78 is 36.0. The fourth-order valence-electron chi connectivity index (χ4n) is 3.20. The fourth-order valence-corrected chi connectivity index (χ4v) is 4.93. The molecule has 0 bridgehead atoms. The number of rotatable bonds is 24. The third kappa shape index (κ3) is 16.8. The van der Waals surface area contributed by atoms with Crippen LogP contribution in [0, 0.1) is 16.7 Å². The Morgan fingerprint density at radius 1 is 0.816 bits per heavy atom. The number of carboxylic acids is 2. The first-order chi connectivity index (χ1) is 18.0. The van der Waals surface area contributed by atoms with Gasteiger partial charge in [0.1, 0.15) is 0 Å². The molecular weight excluding hydrogens is 523 g/mol. The molecule has 0 aromatic heterocycles. The largest absolute Gasteiger partial charge is 0.481 e. The molecule has 0 aliphatic rings. The fraction of sp³-hybridized carbons (Fsp3) is 0.833. The summed E-state index contributed by atoms with van der Waals surface area (Å²) in [7, 11) is -0.340. The van der Waals surface area contributed by atoms with Crippen LogP contribution in [0.15, 0.2) is 0 Å². The summed E-state index contributed by atoms with van der Waals surface area (Å²) in [6, 6.07) is 2.17. The molecule has 0 aliphatic carbocycles. The van der Waals surface area contributed by atoms with Gasteiger partial charge in [0.05, 0.1) is 97.1 Å². The lowest BCUT2D eigenvalue weighted by molar-refractivity contribution is -0.142. The third-order valence-corrected chi connectivity index (χ3v) is 7.02. The lowest BCUT2D eigenvalue weighted by atomic mass is 9.92. The van der Waals surface area contributed by atoms with E-state index in [1.807, 2.05) is 38.4 Å². The quantitative estimate of drug-likeness (QED) is 0.0992. The van der Waals surface area contributed by atoms with E-state index in [1.165, 1.54) is 7.11 Å². The Bertz CT molecular complexity index is 701. The Labute approximate surface area is 226 Å². The molecule has 1 unspecified atom stereocenters. The van der Waals surface area contributed by atoms with Crippen molar-refractivity contribution in [3.63, 3.8) is 0 Å². The molecule has 38 heavy (non-hydrogen) atoms. The SMILES string of the molecule is COC(=O)CCOCC(COCCC(=O)O)(COCCC(=O)O)COP(OCCC#N)N(C(C)C)C(C)C. The van der Waals surface area contributed by atoms with Gasteiger partial charge in [-0.2, -0.15) is 5.26 Å². The summed E-state index contributed by atoms with van der Waals surface area (Å²) in [4.78, 5) is 33.4. The molecule has 0 amide bonds. The molecule has 0 saturated heterocycles. The minimum absolute atomic E-state index is 0.000432. The zero-order valence-corrected chi connectivity index (χ0v) is 23.9. The standard InChI is InChI=1S/C24H43N2O11P/c1-19(2)26(20(3)4)38(36-11-6-10-25)37-18-24(15-33-12-7-21(27)28,16-34-13-8-22(29)30)17-35-14-9-23(31)32-5/h19-20H,6-9,11-18H2,1-5H3,(H,27,28)(H,29,30). The topological polar surface area (TPSA) is 174 Å². The van der Waals surface area contributed by atoms with Gasteiger partial charge in [0.2, 0.25) is 0 Å². The van der Waals surface area contributed by atoms with Crippen molar-refractivity contribution in [2.75, 3.05) is 60.0 Å². The van der Waals surface area contributed by atoms with Crippen LogP contribution in [-0.4, -0.2) is 105 Å². The number of hydrogen-bond acceptors (Lipinski definition) is 11. The van der Waals surface area contributed by atoms with E-state index in [0.29, 0.717) is 0 Å².